The maximum Gasteiger partial charge on any atom is 0.250 e. The molecule has 0 saturated heterocycles. The summed E-state index contributed by atoms with van der Waals surface area (Å²) in [4.78, 5) is 30.9. The lowest BCUT2D eigenvalue weighted by Gasteiger charge is -2.39. The Morgan fingerprint density at radius 2 is 1.81 bits per heavy atom. The van der Waals surface area contributed by atoms with Crippen molar-refractivity contribution in [3.63, 3.8) is 0 Å². The standard InChI is InChI=1S/C24H23N7O/c1-4-19-24(32)30(3)20-14-26-22(28-23(20)31(19)17-13-27-29(2)15-17)18-11-8-12-25-21(18)16-9-6-5-7-10-16/h5-15,19H,4H2,1-3H3. The Bertz CT molecular complexity index is 1280. The van der Waals surface area contributed by atoms with E-state index in [9.17, 15) is 4.79 Å². The SMILES string of the molecule is CCC1C(=O)N(C)c2cnc(-c3cccnc3-c3ccccc3)nc2N1c1cnn(C)c1. The highest BCUT2D eigenvalue weighted by Gasteiger charge is 2.38. The van der Waals surface area contributed by atoms with Gasteiger partial charge in [0.15, 0.2) is 11.6 Å². The molecule has 0 spiro atoms. The van der Waals surface area contributed by atoms with Crippen molar-refractivity contribution in [2.45, 2.75) is 19.4 Å². The fourth-order valence-corrected chi connectivity index (χ4v) is 4.11. The molecule has 1 unspecified atom stereocenters. The first kappa shape index (κ1) is 19.9. The Morgan fingerprint density at radius 1 is 1.00 bits per heavy atom. The lowest BCUT2D eigenvalue weighted by atomic mass is 10.0. The number of carbonyl (C=O) groups is 1. The zero-order valence-electron chi connectivity index (χ0n) is 18.2. The molecule has 0 radical (unpaired) electrons. The van der Waals surface area contributed by atoms with Crippen LogP contribution in [0.1, 0.15) is 13.3 Å². The number of aryl methyl sites for hydroxylation is 1. The van der Waals surface area contributed by atoms with Crippen molar-refractivity contribution < 1.29 is 4.79 Å². The zero-order valence-corrected chi connectivity index (χ0v) is 18.2. The number of rotatable bonds is 4. The van der Waals surface area contributed by atoms with Crippen molar-refractivity contribution in [2.24, 2.45) is 7.05 Å². The summed E-state index contributed by atoms with van der Waals surface area (Å²) in [6.07, 6.45) is 7.77. The molecule has 32 heavy (non-hydrogen) atoms. The smallest absolute Gasteiger partial charge is 0.250 e. The number of amides is 1. The molecular formula is C24H23N7O. The van der Waals surface area contributed by atoms with Gasteiger partial charge in [0.25, 0.3) is 0 Å². The molecule has 3 aromatic heterocycles. The van der Waals surface area contributed by atoms with Crippen LogP contribution in [0.2, 0.25) is 0 Å². The van der Waals surface area contributed by atoms with E-state index >= 15 is 0 Å². The predicted molar refractivity (Wildman–Crippen MR) is 124 cm³/mol. The van der Waals surface area contributed by atoms with Gasteiger partial charge in [-0.15, -0.1) is 0 Å². The number of benzene rings is 1. The van der Waals surface area contributed by atoms with Gasteiger partial charge in [-0.1, -0.05) is 37.3 Å². The first-order chi connectivity index (χ1) is 15.6. The highest BCUT2D eigenvalue weighted by atomic mass is 16.2. The van der Waals surface area contributed by atoms with Crippen LogP contribution in [0.5, 0.6) is 0 Å². The zero-order chi connectivity index (χ0) is 22.2. The molecule has 0 N–H and O–H groups in total. The highest BCUT2D eigenvalue weighted by Crippen LogP contribution is 2.40. The first-order valence-corrected chi connectivity index (χ1v) is 10.5. The molecule has 8 nitrogen and oxygen atoms in total. The third-order valence-corrected chi connectivity index (χ3v) is 5.72. The minimum absolute atomic E-state index is 0.00607. The van der Waals surface area contributed by atoms with E-state index in [1.807, 2.05) is 67.5 Å². The van der Waals surface area contributed by atoms with Gasteiger partial charge in [0.05, 0.1) is 23.8 Å². The van der Waals surface area contributed by atoms with Crippen LogP contribution in [-0.4, -0.2) is 43.7 Å². The quantitative estimate of drug-likeness (QED) is 0.494. The van der Waals surface area contributed by atoms with E-state index in [2.05, 4.69) is 15.1 Å². The van der Waals surface area contributed by atoms with Gasteiger partial charge in [0.1, 0.15) is 11.7 Å². The second-order valence-corrected chi connectivity index (χ2v) is 7.73. The van der Waals surface area contributed by atoms with Gasteiger partial charge in [-0.2, -0.15) is 5.10 Å². The van der Waals surface area contributed by atoms with Gasteiger partial charge < -0.3 is 9.80 Å². The summed E-state index contributed by atoms with van der Waals surface area (Å²) in [5, 5.41) is 4.31. The summed E-state index contributed by atoms with van der Waals surface area (Å²) >= 11 is 0. The minimum atomic E-state index is -0.373. The van der Waals surface area contributed by atoms with Gasteiger partial charge in [0.2, 0.25) is 5.91 Å². The lowest BCUT2D eigenvalue weighted by molar-refractivity contribution is -0.119. The van der Waals surface area contributed by atoms with Crippen LogP contribution in [0.3, 0.4) is 0 Å². The molecule has 8 heteroatoms. The second kappa shape index (κ2) is 7.88. The third-order valence-electron chi connectivity index (χ3n) is 5.72. The topological polar surface area (TPSA) is 80.0 Å². The molecular weight excluding hydrogens is 402 g/mol. The normalized spacial score (nSPS) is 15.7. The van der Waals surface area contributed by atoms with E-state index in [0.717, 1.165) is 22.5 Å². The van der Waals surface area contributed by atoms with E-state index in [0.29, 0.717) is 23.8 Å². The molecule has 0 aliphatic carbocycles. The largest absolute Gasteiger partial charge is 0.309 e. The predicted octanol–water partition coefficient (Wildman–Crippen LogP) is 3.83. The second-order valence-electron chi connectivity index (χ2n) is 7.73. The van der Waals surface area contributed by atoms with Crippen LogP contribution in [-0.2, 0) is 11.8 Å². The summed E-state index contributed by atoms with van der Waals surface area (Å²) in [7, 11) is 3.63. The molecule has 0 bridgehead atoms. The number of aromatic nitrogens is 5. The maximum atomic E-state index is 13.1. The van der Waals surface area contributed by atoms with Gasteiger partial charge in [-0.05, 0) is 18.6 Å². The van der Waals surface area contributed by atoms with Crippen molar-refractivity contribution in [2.75, 3.05) is 16.8 Å². The number of nitrogens with zero attached hydrogens (tertiary/aromatic N) is 7. The average molecular weight is 425 g/mol. The van der Waals surface area contributed by atoms with E-state index < -0.39 is 0 Å². The van der Waals surface area contributed by atoms with Crippen LogP contribution < -0.4 is 9.80 Å². The first-order valence-electron chi connectivity index (χ1n) is 10.5. The summed E-state index contributed by atoms with van der Waals surface area (Å²) < 4.78 is 1.72. The maximum absolute atomic E-state index is 13.1. The van der Waals surface area contributed by atoms with E-state index in [4.69, 9.17) is 4.98 Å². The molecule has 1 aromatic carbocycles. The number of likely N-dealkylation sites (N-methyl/N-ethyl adjacent to an activating group) is 1. The van der Waals surface area contributed by atoms with Crippen LogP contribution in [0.15, 0.2) is 67.3 Å². The number of carbonyl (C=O) groups excluding carboxylic acids is 1. The Labute approximate surface area is 186 Å². The lowest BCUT2D eigenvalue weighted by Crippen LogP contribution is -2.50. The molecule has 4 aromatic rings. The Hall–Kier alpha value is -4.07. The monoisotopic (exact) mass is 425 g/mol. The van der Waals surface area contributed by atoms with E-state index in [-0.39, 0.29) is 11.9 Å². The highest BCUT2D eigenvalue weighted by molar-refractivity contribution is 6.06. The number of pyridine rings is 1. The molecule has 5 rings (SSSR count). The van der Waals surface area contributed by atoms with Crippen molar-refractivity contribution in [3.8, 4) is 22.6 Å². The van der Waals surface area contributed by atoms with Crippen molar-refractivity contribution >= 4 is 23.1 Å². The molecule has 1 aliphatic heterocycles. The number of hydrogen-bond acceptors (Lipinski definition) is 6. The van der Waals surface area contributed by atoms with Crippen LogP contribution in [0.4, 0.5) is 17.2 Å². The van der Waals surface area contributed by atoms with Gasteiger partial charge in [-0.25, -0.2) is 9.97 Å². The Kier molecular flexibility index (Phi) is 4.89. The summed E-state index contributed by atoms with van der Waals surface area (Å²) in [6, 6.07) is 13.5. The minimum Gasteiger partial charge on any atom is -0.309 e. The average Bonchev–Trinajstić information content (AvgIpc) is 3.27. The number of anilines is 3. The molecule has 1 atom stereocenters. The van der Waals surface area contributed by atoms with Crippen LogP contribution in [0.25, 0.3) is 22.6 Å². The fraction of sp³-hybridized carbons (Fsp3) is 0.208. The fourth-order valence-electron chi connectivity index (χ4n) is 4.11. The summed E-state index contributed by atoms with van der Waals surface area (Å²) in [5.41, 5.74) is 4.12. The van der Waals surface area contributed by atoms with E-state index in [1.54, 1.807) is 35.2 Å². The van der Waals surface area contributed by atoms with Crippen LogP contribution >= 0.6 is 0 Å². The molecule has 160 valence electrons. The van der Waals surface area contributed by atoms with E-state index in [1.165, 1.54) is 0 Å². The van der Waals surface area contributed by atoms with Gasteiger partial charge in [-0.3, -0.25) is 14.5 Å². The van der Waals surface area contributed by atoms with Crippen molar-refractivity contribution in [1.82, 2.24) is 24.7 Å². The van der Waals surface area contributed by atoms with Crippen molar-refractivity contribution in [3.05, 3.63) is 67.3 Å². The summed E-state index contributed by atoms with van der Waals surface area (Å²) in [5.74, 6) is 1.24. The number of hydrogen-bond donors (Lipinski definition) is 0. The van der Waals surface area contributed by atoms with Crippen molar-refractivity contribution in [1.29, 1.82) is 0 Å². The molecule has 0 saturated carbocycles. The van der Waals surface area contributed by atoms with Crippen LogP contribution in [0, 0.1) is 0 Å². The van der Waals surface area contributed by atoms with Gasteiger partial charge >= 0.3 is 0 Å². The molecule has 4 heterocycles. The molecule has 1 amide bonds. The number of fused-ring (bicyclic) bond motifs is 1. The Balaban J connectivity index is 1.70. The molecule has 1 aliphatic rings. The molecule has 0 fully saturated rings. The van der Waals surface area contributed by atoms with Gasteiger partial charge in [0, 0.05) is 37.6 Å². The Morgan fingerprint density at radius 3 is 2.53 bits per heavy atom. The summed E-state index contributed by atoms with van der Waals surface area (Å²) in [6.45, 7) is 2.00. The third kappa shape index (κ3) is 3.20.